The van der Waals surface area contributed by atoms with E-state index in [-0.39, 0.29) is 11.7 Å². The summed E-state index contributed by atoms with van der Waals surface area (Å²) in [5, 5.41) is 14.1. The molecule has 1 N–H and O–H groups in total. The van der Waals surface area contributed by atoms with E-state index >= 15 is 0 Å². The highest BCUT2D eigenvalue weighted by molar-refractivity contribution is 6.30. The van der Waals surface area contributed by atoms with Crippen LogP contribution in [-0.4, -0.2) is 4.92 Å². The van der Waals surface area contributed by atoms with Crippen molar-refractivity contribution in [3.8, 4) is 0 Å². The lowest BCUT2D eigenvalue weighted by molar-refractivity contribution is -0.384. The Balaban J connectivity index is 2.21. The Hall–Kier alpha value is -2.14. The summed E-state index contributed by atoms with van der Waals surface area (Å²) in [6, 6.07) is 10.2. The van der Waals surface area contributed by atoms with Crippen molar-refractivity contribution in [1.29, 1.82) is 0 Å². The summed E-state index contributed by atoms with van der Waals surface area (Å²) < 4.78 is 13.2. The number of non-ortho nitro benzene ring substituents is 1. The zero-order chi connectivity index (χ0) is 14.7. The largest absolute Gasteiger partial charge is 0.378 e. The van der Waals surface area contributed by atoms with Crippen LogP contribution in [0.5, 0.6) is 0 Å². The first-order valence-corrected chi connectivity index (χ1v) is 6.30. The van der Waals surface area contributed by atoms with Gasteiger partial charge in [0.2, 0.25) is 0 Å². The Kier molecular flexibility index (Phi) is 4.20. The summed E-state index contributed by atoms with van der Waals surface area (Å²) >= 11 is 5.78. The van der Waals surface area contributed by atoms with Crippen molar-refractivity contribution in [2.75, 3.05) is 5.32 Å². The van der Waals surface area contributed by atoms with Crippen molar-refractivity contribution in [2.45, 2.75) is 13.0 Å². The minimum Gasteiger partial charge on any atom is -0.378 e. The van der Waals surface area contributed by atoms with Crippen LogP contribution in [0.25, 0.3) is 0 Å². The first-order valence-electron chi connectivity index (χ1n) is 5.92. The number of benzene rings is 2. The van der Waals surface area contributed by atoms with Gasteiger partial charge >= 0.3 is 0 Å². The van der Waals surface area contributed by atoms with E-state index in [1.165, 1.54) is 24.3 Å². The first kappa shape index (κ1) is 14.3. The number of hydrogen-bond donors (Lipinski definition) is 1. The molecular weight excluding hydrogens is 283 g/mol. The molecule has 0 saturated heterocycles. The van der Waals surface area contributed by atoms with E-state index in [4.69, 9.17) is 11.6 Å². The van der Waals surface area contributed by atoms with Crippen LogP contribution in [-0.2, 0) is 0 Å². The Bertz CT molecular complexity index is 629. The topological polar surface area (TPSA) is 55.2 Å². The van der Waals surface area contributed by atoms with Crippen molar-refractivity contribution in [3.63, 3.8) is 0 Å². The normalized spacial score (nSPS) is 11.9. The van der Waals surface area contributed by atoms with Gasteiger partial charge in [-0.3, -0.25) is 10.1 Å². The maximum absolute atomic E-state index is 13.2. The van der Waals surface area contributed by atoms with Gasteiger partial charge in [0, 0.05) is 28.9 Å². The SMILES string of the molecule is CC(Nc1cc(F)cc(Cl)c1)c1cccc([N+](=O)[O-])c1. The number of hydrogen-bond acceptors (Lipinski definition) is 3. The van der Waals surface area contributed by atoms with Crippen LogP contribution in [0.3, 0.4) is 0 Å². The van der Waals surface area contributed by atoms with Gasteiger partial charge in [0.1, 0.15) is 5.82 Å². The maximum atomic E-state index is 13.2. The summed E-state index contributed by atoms with van der Waals surface area (Å²) in [7, 11) is 0. The van der Waals surface area contributed by atoms with Crippen LogP contribution in [0.15, 0.2) is 42.5 Å². The lowest BCUT2D eigenvalue weighted by Gasteiger charge is -2.16. The van der Waals surface area contributed by atoms with Crippen LogP contribution >= 0.6 is 11.6 Å². The fraction of sp³-hybridized carbons (Fsp3) is 0.143. The number of halogens is 2. The van der Waals surface area contributed by atoms with Crippen molar-refractivity contribution in [2.24, 2.45) is 0 Å². The van der Waals surface area contributed by atoms with Crippen molar-refractivity contribution in [1.82, 2.24) is 0 Å². The predicted molar refractivity (Wildman–Crippen MR) is 76.5 cm³/mol. The highest BCUT2D eigenvalue weighted by Gasteiger charge is 2.11. The van der Waals surface area contributed by atoms with Gasteiger partial charge in [-0.1, -0.05) is 23.7 Å². The molecule has 0 heterocycles. The van der Waals surface area contributed by atoms with Crippen molar-refractivity contribution < 1.29 is 9.31 Å². The van der Waals surface area contributed by atoms with Crippen LogP contribution in [0, 0.1) is 15.9 Å². The molecule has 2 aromatic rings. The monoisotopic (exact) mass is 294 g/mol. The molecule has 2 rings (SSSR count). The van der Waals surface area contributed by atoms with E-state index < -0.39 is 10.7 Å². The molecule has 1 atom stereocenters. The maximum Gasteiger partial charge on any atom is 0.269 e. The molecule has 0 radical (unpaired) electrons. The Morgan fingerprint density at radius 2 is 2.05 bits per heavy atom. The van der Waals surface area contributed by atoms with Gasteiger partial charge in [-0.05, 0) is 30.7 Å². The standard InChI is InChI=1S/C14H12ClFN2O2/c1-9(10-3-2-4-14(5-10)18(19)20)17-13-7-11(15)6-12(16)8-13/h2-9,17H,1H3. The molecular formula is C14H12ClFN2O2. The van der Waals surface area contributed by atoms with E-state index in [2.05, 4.69) is 5.32 Å². The quantitative estimate of drug-likeness (QED) is 0.664. The van der Waals surface area contributed by atoms with E-state index in [1.54, 1.807) is 18.2 Å². The van der Waals surface area contributed by atoms with E-state index in [0.29, 0.717) is 10.7 Å². The smallest absolute Gasteiger partial charge is 0.269 e. The van der Waals surface area contributed by atoms with Gasteiger partial charge in [-0.15, -0.1) is 0 Å². The van der Waals surface area contributed by atoms with Crippen molar-refractivity contribution >= 4 is 23.0 Å². The van der Waals surface area contributed by atoms with Gasteiger partial charge in [0.25, 0.3) is 5.69 Å². The highest BCUT2D eigenvalue weighted by atomic mass is 35.5. The predicted octanol–water partition coefficient (Wildman–Crippen LogP) is 4.56. The second-order valence-electron chi connectivity index (χ2n) is 4.38. The highest BCUT2D eigenvalue weighted by Crippen LogP contribution is 2.25. The fourth-order valence-corrected chi connectivity index (χ4v) is 2.10. The number of nitrogens with zero attached hydrogens (tertiary/aromatic N) is 1. The molecule has 0 aromatic heterocycles. The average Bonchev–Trinajstić information content (AvgIpc) is 2.37. The molecule has 0 aliphatic carbocycles. The molecule has 0 aliphatic heterocycles. The molecule has 0 fully saturated rings. The van der Waals surface area contributed by atoms with Crippen LogP contribution < -0.4 is 5.32 Å². The summed E-state index contributed by atoms with van der Waals surface area (Å²) in [5.41, 5.74) is 1.28. The van der Waals surface area contributed by atoms with E-state index in [9.17, 15) is 14.5 Å². The van der Waals surface area contributed by atoms with Gasteiger partial charge in [-0.2, -0.15) is 0 Å². The molecule has 4 nitrogen and oxygen atoms in total. The summed E-state index contributed by atoms with van der Waals surface area (Å²) in [5.74, 6) is -0.439. The molecule has 6 heteroatoms. The minimum absolute atomic E-state index is 0.0217. The van der Waals surface area contributed by atoms with Gasteiger partial charge < -0.3 is 5.32 Å². The van der Waals surface area contributed by atoms with Gasteiger partial charge in [0.15, 0.2) is 0 Å². The minimum atomic E-state index is -0.449. The molecule has 2 aromatic carbocycles. The first-order chi connectivity index (χ1) is 9.45. The number of rotatable bonds is 4. The molecule has 0 spiro atoms. The molecule has 0 aliphatic rings. The second-order valence-corrected chi connectivity index (χ2v) is 4.81. The Labute approximate surface area is 120 Å². The third-order valence-electron chi connectivity index (χ3n) is 2.83. The Morgan fingerprint density at radius 3 is 2.70 bits per heavy atom. The zero-order valence-corrected chi connectivity index (χ0v) is 11.4. The molecule has 0 bridgehead atoms. The molecule has 0 saturated carbocycles. The summed E-state index contributed by atoms with van der Waals surface area (Å²) in [6.45, 7) is 1.83. The lowest BCUT2D eigenvalue weighted by Crippen LogP contribution is -2.07. The Morgan fingerprint density at radius 1 is 1.30 bits per heavy atom. The number of nitrogens with one attached hydrogen (secondary N) is 1. The number of nitro benzene ring substituents is 1. The molecule has 20 heavy (non-hydrogen) atoms. The van der Waals surface area contributed by atoms with Gasteiger partial charge in [-0.25, -0.2) is 4.39 Å². The van der Waals surface area contributed by atoms with Crippen LogP contribution in [0.1, 0.15) is 18.5 Å². The number of anilines is 1. The van der Waals surface area contributed by atoms with E-state index in [0.717, 1.165) is 5.56 Å². The van der Waals surface area contributed by atoms with Crippen LogP contribution in [0.4, 0.5) is 15.8 Å². The van der Waals surface area contributed by atoms with E-state index in [1.807, 2.05) is 6.92 Å². The third-order valence-corrected chi connectivity index (χ3v) is 3.04. The number of nitro groups is 1. The van der Waals surface area contributed by atoms with Crippen molar-refractivity contribution in [3.05, 3.63) is 69.0 Å². The fourth-order valence-electron chi connectivity index (χ4n) is 1.88. The zero-order valence-electron chi connectivity index (χ0n) is 10.6. The lowest BCUT2D eigenvalue weighted by atomic mass is 10.1. The summed E-state index contributed by atoms with van der Waals surface area (Å²) in [4.78, 5) is 10.3. The third kappa shape index (κ3) is 3.45. The summed E-state index contributed by atoms with van der Waals surface area (Å²) in [6.07, 6.45) is 0. The second kappa shape index (κ2) is 5.88. The van der Waals surface area contributed by atoms with Crippen LogP contribution in [0.2, 0.25) is 5.02 Å². The molecule has 104 valence electrons. The molecule has 0 amide bonds. The average molecular weight is 295 g/mol. The molecule has 1 unspecified atom stereocenters. The van der Waals surface area contributed by atoms with Gasteiger partial charge in [0.05, 0.1) is 4.92 Å².